The zero-order valence-electron chi connectivity index (χ0n) is 32.7. The Bertz CT molecular complexity index is 2560. The van der Waals surface area contributed by atoms with Crippen LogP contribution in [-0.2, 0) is 0 Å². The van der Waals surface area contributed by atoms with Crippen molar-refractivity contribution in [1.29, 1.82) is 0 Å². The molecule has 1 aliphatic rings. The molecule has 7 rings (SSSR count). The van der Waals surface area contributed by atoms with E-state index in [0.29, 0.717) is 23.4 Å². The lowest BCUT2D eigenvalue weighted by Gasteiger charge is -2.25. The average Bonchev–Trinajstić information content (AvgIpc) is 3.54. The third kappa shape index (κ3) is 7.16. The molecule has 4 nitrogen and oxygen atoms in total. The first kappa shape index (κ1) is 36.9. The lowest BCUT2D eigenvalue weighted by Crippen LogP contribution is -2.27. The lowest BCUT2D eigenvalue weighted by molar-refractivity contribution is 0.547. The SMILES string of the molecule is C=C/C=C\C1=C(C)C(C)/C(=C\c2c(C)n(-c3cc(-c4ccccc4)cc(-c4nc(-c5ccccc5)nc(-c5ccccc5)n4)c3)c(=C)/c2=C\C=C/C)C1(C)C. The van der Waals surface area contributed by atoms with Gasteiger partial charge in [0.1, 0.15) is 0 Å². The molecule has 6 aromatic rings. The Kier molecular flexibility index (Phi) is 10.4. The van der Waals surface area contributed by atoms with Crippen LogP contribution in [0.25, 0.3) is 69.7 Å². The second-order valence-corrected chi connectivity index (χ2v) is 14.7. The lowest BCUT2D eigenvalue weighted by atomic mass is 9.78. The molecular formula is C51H48N4. The van der Waals surface area contributed by atoms with E-state index in [9.17, 15) is 0 Å². The van der Waals surface area contributed by atoms with Crippen molar-refractivity contribution in [3.05, 3.63) is 185 Å². The minimum absolute atomic E-state index is 0.150. The van der Waals surface area contributed by atoms with Gasteiger partial charge in [-0.1, -0.05) is 179 Å². The summed E-state index contributed by atoms with van der Waals surface area (Å²) in [6, 6.07) is 37.3. The van der Waals surface area contributed by atoms with Crippen molar-refractivity contribution in [3.63, 3.8) is 0 Å². The van der Waals surface area contributed by atoms with E-state index in [2.05, 4.69) is 119 Å². The van der Waals surface area contributed by atoms with Crippen molar-refractivity contribution in [2.75, 3.05) is 0 Å². The Morgan fingerprint density at radius 3 is 1.76 bits per heavy atom. The summed E-state index contributed by atoms with van der Waals surface area (Å²) in [5.74, 6) is 2.15. The Hall–Kier alpha value is -6.39. The fourth-order valence-corrected chi connectivity index (χ4v) is 7.93. The second kappa shape index (κ2) is 15.5. The summed E-state index contributed by atoms with van der Waals surface area (Å²) in [6.45, 7) is 22.2. The molecule has 0 N–H and O–H groups in total. The monoisotopic (exact) mass is 716 g/mol. The summed E-state index contributed by atoms with van der Waals surface area (Å²) in [4.78, 5) is 15.2. The van der Waals surface area contributed by atoms with E-state index in [-0.39, 0.29) is 5.41 Å². The molecular weight excluding hydrogens is 669 g/mol. The molecule has 4 heteroatoms. The highest BCUT2D eigenvalue weighted by Gasteiger charge is 2.38. The van der Waals surface area contributed by atoms with Crippen LogP contribution >= 0.6 is 0 Å². The van der Waals surface area contributed by atoms with Gasteiger partial charge in [0.05, 0.1) is 0 Å². The van der Waals surface area contributed by atoms with E-state index in [0.717, 1.165) is 49.8 Å². The van der Waals surface area contributed by atoms with Gasteiger partial charge in [-0.15, -0.1) is 0 Å². The Labute approximate surface area is 325 Å². The van der Waals surface area contributed by atoms with Gasteiger partial charge in [-0.3, -0.25) is 0 Å². The van der Waals surface area contributed by atoms with Crippen molar-refractivity contribution in [2.24, 2.45) is 11.3 Å². The first-order chi connectivity index (χ1) is 26.6. The molecule has 0 fully saturated rings. The molecule has 0 spiro atoms. The second-order valence-electron chi connectivity index (χ2n) is 14.7. The summed E-state index contributed by atoms with van der Waals surface area (Å²) in [6.07, 6.45) is 14.9. The highest BCUT2D eigenvalue weighted by Crippen LogP contribution is 2.51. The van der Waals surface area contributed by atoms with Crippen LogP contribution in [0.4, 0.5) is 0 Å². The van der Waals surface area contributed by atoms with E-state index in [1.807, 2.05) is 85.8 Å². The fourth-order valence-electron chi connectivity index (χ4n) is 7.93. The summed E-state index contributed by atoms with van der Waals surface area (Å²) < 4.78 is 2.29. The summed E-state index contributed by atoms with van der Waals surface area (Å²) >= 11 is 0. The molecule has 2 heterocycles. The maximum atomic E-state index is 5.12. The van der Waals surface area contributed by atoms with Gasteiger partial charge in [0.2, 0.25) is 0 Å². The maximum Gasteiger partial charge on any atom is 0.164 e. The molecule has 0 aliphatic heterocycles. The highest BCUT2D eigenvalue weighted by molar-refractivity contribution is 5.76. The van der Waals surface area contributed by atoms with Crippen LogP contribution in [0.5, 0.6) is 0 Å². The standard InChI is InChI=1S/C51H48N4/c1-9-11-28-44-36(5)55(37(6)45(44)33-47-35(4)34(3)46(29-12-10-2)51(47,7)8)43-31-41(38-22-16-13-17-23-38)30-42(32-43)50-53-48(39-24-18-14-19-25-39)52-49(54-50)40-26-20-15-21-27-40/h9-33,35H,2,5H2,1,3-4,6-8H3/b11-9-,29-12-,44-28+,47-33+. The largest absolute Gasteiger partial charge is 0.314 e. The first-order valence-corrected chi connectivity index (χ1v) is 19.0. The van der Waals surface area contributed by atoms with E-state index >= 15 is 0 Å². The third-order valence-corrected chi connectivity index (χ3v) is 10.9. The van der Waals surface area contributed by atoms with Crippen LogP contribution in [0.1, 0.15) is 45.9 Å². The van der Waals surface area contributed by atoms with Gasteiger partial charge in [-0.2, -0.15) is 0 Å². The van der Waals surface area contributed by atoms with Gasteiger partial charge in [0.15, 0.2) is 17.5 Å². The van der Waals surface area contributed by atoms with Gasteiger partial charge in [-0.25, -0.2) is 15.0 Å². The normalized spacial score (nSPS) is 16.6. The number of benzene rings is 4. The van der Waals surface area contributed by atoms with Gasteiger partial charge in [-0.05, 0) is 61.6 Å². The smallest absolute Gasteiger partial charge is 0.164 e. The van der Waals surface area contributed by atoms with Crippen molar-refractivity contribution in [3.8, 4) is 51.0 Å². The van der Waals surface area contributed by atoms with Crippen molar-refractivity contribution in [1.82, 2.24) is 19.5 Å². The Morgan fingerprint density at radius 1 is 0.691 bits per heavy atom. The molecule has 1 aliphatic carbocycles. The summed E-state index contributed by atoms with van der Waals surface area (Å²) in [5.41, 5.74) is 12.2. The third-order valence-electron chi connectivity index (χ3n) is 10.9. The molecule has 0 saturated carbocycles. The van der Waals surface area contributed by atoms with E-state index in [1.165, 1.54) is 22.3 Å². The summed E-state index contributed by atoms with van der Waals surface area (Å²) in [7, 11) is 0. The number of hydrogen-bond donors (Lipinski definition) is 0. The van der Waals surface area contributed by atoms with Crippen LogP contribution in [-0.4, -0.2) is 19.5 Å². The molecule has 0 amide bonds. The van der Waals surface area contributed by atoms with E-state index < -0.39 is 0 Å². The number of hydrogen-bond acceptors (Lipinski definition) is 3. The number of rotatable bonds is 9. The molecule has 0 radical (unpaired) electrons. The molecule has 1 unspecified atom stereocenters. The molecule has 2 aromatic heterocycles. The highest BCUT2D eigenvalue weighted by atomic mass is 15.0. The average molecular weight is 717 g/mol. The van der Waals surface area contributed by atoms with E-state index in [1.54, 1.807) is 0 Å². The van der Waals surface area contributed by atoms with E-state index in [4.69, 9.17) is 21.5 Å². The predicted molar refractivity (Wildman–Crippen MR) is 233 cm³/mol. The Morgan fingerprint density at radius 2 is 1.22 bits per heavy atom. The van der Waals surface area contributed by atoms with Gasteiger partial charge >= 0.3 is 0 Å². The zero-order valence-corrected chi connectivity index (χ0v) is 32.7. The number of allylic oxidation sites excluding steroid dienone is 8. The molecule has 272 valence electrons. The molecule has 0 saturated heterocycles. The van der Waals surface area contributed by atoms with Gasteiger partial charge in [0.25, 0.3) is 0 Å². The topological polar surface area (TPSA) is 43.6 Å². The minimum atomic E-state index is -0.150. The number of nitrogens with zero attached hydrogens (tertiary/aromatic N) is 4. The molecule has 55 heavy (non-hydrogen) atoms. The quantitative estimate of drug-likeness (QED) is 0.140. The molecule has 0 bridgehead atoms. The summed E-state index contributed by atoms with van der Waals surface area (Å²) in [5, 5.41) is 2.02. The van der Waals surface area contributed by atoms with Crippen LogP contribution in [0, 0.1) is 18.3 Å². The van der Waals surface area contributed by atoms with Crippen LogP contribution < -0.4 is 10.6 Å². The number of aromatic nitrogens is 4. The predicted octanol–water partition coefficient (Wildman–Crippen LogP) is 11.5. The zero-order chi connectivity index (χ0) is 38.7. The van der Waals surface area contributed by atoms with Crippen molar-refractivity contribution >= 4 is 18.7 Å². The van der Waals surface area contributed by atoms with Crippen molar-refractivity contribution in [2.45, 2.75) is 41.5 Å². The van der Waals surface area contributed by atoms with Crippen molar-refractivity contribution < 1.29 is 0 Å². The van der Waals surface area contributed by atoms with Crippen LogP contribution in [0.15, 0.2) is 163 Å². The Balaban J connectivity index is 1.48. The molecule has 1 atom stereocenters. The minimum Gasteiger partial charge on any atom is -0.314 e. The maximum absolute atomic E-state index is 5.12. The van der Waals surface area contributed by atoms with Gasteiger partial charge in [0, 0.05) is 49.6 Å². The fraction of sp³-hybridized carbons (Fsp3) is 0.157. The molecule has 4 aromatic carbocycles. The van der Waals surface area contributed by atoms with Crippen LogP contribution in [0.2, 0.25) is 0 Å². The van der Waals surface area contributed by atoms with Crippen LogP contribution in [0.3, 0.4) is 0 Å². The van der Waals surface area contributed by atoms with Gasteiger partial charge < -0.3 is 4.57 Å². The first-order valence-electron chi connectivity index (χ1n) is 19.0.